The molecular weight excluding hydrogens is 319 g/mol. The van der Waals surface area contributed by atoms with Crippen LogP contribution < -0.4 is 0 Å². The molecule has 0 saturated carbocycles. The number of hydrogen-bond acceptors (Lipinski definition) is 3. The first-order chi connectivity index (χ1) is 11.8. The number of Topliss-reactive ketones (excluding diaryl/α,β-unsaturated/α-hetero) is 1. The lowest BCUT2D eigenvalue weighted by Crippen LogP contribution is -2.50. The van der Waals surface area contributed by atoms with Gasteiger partial charge in [-0.1, -0.05) is 32.9 Å². The minimum atomic E-state index is -0.456. The summed E-state index contributed by atoms with van der Waals surface area (Å²) in [5.74, 6) is -0.674. The van der Waals surface area contributed by atoms with E-state index < -0.39 is 11.7 Å². The van der Waals surface area contributed by atoms with Crippen LogP contribution in [0.4, 0.5) is 4.39 Å². The van der Waals surface area contributed by atoms with Crippen LogP contribution in [0.5, 0.6) is 0 Å². The average Bonchev–Trinajstić information content (AvgIpc) is 2.60. The molecule has 1 aromatic carbocycles. The fraction of sp³-hybridized carbons (Fsp3) is 0.600. The van der Waals surface area contributed by atoms with Gasteiger partial charge < -0.3 is 9.80 Å². The maximum Gasteiger partial charge on any atom is 0.223 e. The van der Waals surface area contributed by atoms with Crippen LogP contribution in [0.1, 0.15) is 44.0 Å². The largest absolute Gasteiger partial charge is 0.342 e. The van der Waals surface area contributed by atoms with E-state index in [4.69, 9.17) is 0 Å². The highest BCUT2D eigenvalue weighted by atomic mass is 19.1. The van der Waals surface area contributed by atoms with E-state index in [1.807, 2.05) is 11.9 Å². The third-order valence-electron chi connectivity index (χ3n) is 5.32. The van der Waals surface area contributed by atoms with E-state index in [1.54, 1.807) is 13.0 Å². The van der Waals surface area contributed by atoms with Crippen molar-refractivity contribution in [3.05, 3.63) is 35.6 Å². The Hall–Kier alpha value is -1.75. The number of nitrogens with zero attached hydrogens (tertiary/aromatic N) is 2. The van der Waals surface area contributed by atoms with Crippen molar-refractivity contribution in [2.75, 3.05) is 26.7 Å². The maximum atomic E-state index is 13.3. The lowest BCUT2D eigenvalue weighted by atomic mass is 9.91. The molecule has 1 fully saturated rings. The summed E-state index contributed by atoms with van der Waals surface area (Å²) in [4.78, 5) is 29.3. The van der Waals surface area contributed by atoms with Crippen molar-refractivity contribution in [1.29, 1.82) is 0 Å². The van der Waals surface area contributed by atoms with Crippen molar-refractivity contribution in [3.8, 4) is 0 Å². The van der Waals surface area contributed by atoms with Crippen LogP contribution in [-0.2, 0) is 4.79 Å². The third-order valence-corrected chi connectivity index (χ3v) is 5.32. The van der Waals surface area contributed by atoms with Gasteiger partial charge in [0.2, 0.25) is 5.91 Å². The minimum absolute atomic E-state index is 0.0148. The molecule has 0 aromatic heterocycles. The summed E-state index contributed by atoms with van der Waals surface area (Å²) in [5, 5.41) is 0. The first kappa shape index (κ1) is 19.6. The molecule has 138 valence electrons. The van der Waals surface area contributed by atoms with E-state index in [-0.39, 0.29) is 24.2 Å². The van der Waals surface area contributed by atoms with Gasteiger partial charge in [-0.05, 0) is 31.0 Å². The van der Waals surface area contributed by atoms with Crippen molar-refractivity contribution < 1.29 is 14.0 Å². The van der Waals surface area contributed by atoms with E-state index in [0.717, 1.165) is 26.1 Å². The number of benzene rings is 1. The zero-order valence-corrected chi connectivity index (χ0v) is 15.7. The Labute approximate surface area is 150 Å². The van der Waals surface area contributed by atoms with Crippen LogP contribution in [-0.4, -0.2) is 54.2 Å². The second-order valence-corrected chi connectivity index (χ2v) is 7.21. The van der Waals surface area contributed by atoms with Gasteiger partial charge in [0.05, 0.1) is 0 Å². The number of hydrogen-bond donors (Lipinski definition) is 0. The highest BCUT2D eigenvalue weighted by molar-refractivity contribution is 5.99. The second kappa shape index (κ2) is 8.56. The molecule has 1 amide bonds. The van der Waals surface area contributed by atoms with Crippen LogP contribution in [0.3, 0.4) is 0 Å². The average molecular weight is 348 g/mol. The molecule has 1 saturated heterocycles. The Kier molecular flexibility index (Phi) is 6.71. The Bertz CT molecular complexity index is 619. The van der Waals surface area contributed by atoms with Gasteiger partial charge in [-0.3, -0.25) is 9.59 Å². The summed E-state index contributed by atoms with van der Waals surface area (Å²) in [5.41, 5.74) is 0.326. The van der Waals surface area contributed by atoms with Crippen molar-refractivity contribution in [2.24, 2.45) is 11.8 Å². The topological polar surface area (TPSA) is 40.6 Å². The Morgan fingerprint density at radius 2 is 2.12 bits per heavy atom. The number of halogens is 1. The van der Waals surface area contributed by atoms with Gasteiger partial charge in [0, 0.05) is 44.1 Å². The van der Waals surface area contributed by atoms with Crippen molar-refractivity contribution in [1.82, 2.24) is 9.80 Å². The van der Waals surface area contributed by atoms with E-state index in [9.17, 15) is 14.0 Å². The van der Waals surface area contributed by atoms with Crippen molar-refractivity contribution in [2.45, 2.75) is 39.7 Å². The van der Waals surface area contributed by atoms with Gasteiger partial charge in [-0.15, -0.1) is 0 Å². The number of amides is 1. The van der Waals surface area contributed by atoms with Crippen LogP contribution in [0.2, 0.25) is 0 Å². The molecule has 1 aliphatic heterocycles. The molecule has 1 heterocycles. The Balaban J connectivity index is 1.95. The maximum absolute atomic E-state index is 13.3. The zero-order valence-electron chi connectivity index (χ0n) is 15.7. The monoisotopic (exact) mass is 348 g/mol. The highest BCUT2D eigenvalue weighted by Gasteiger charge is 2.31. The zero-order chi connectivity index (χ0) is 18.6. The van der Waals surface area contributed by atoms with Crippen LogP contribution in [0.15, 0.2) is 24.3 Å². The van der Waals surface area contributed by atoms with Crippen molar-refractivity contribution in [3.63, 3.8) is 0 Å². The molecule has 0 spiro atoms. The first-order valence-corrected chi connectivity index (χ1v) is 9.11. The number of carbonyl (C=O) groups excluding carboxylic acids is 2. The minimum Gasteiger partial charge on any atom is -0.342 e. The third kappa shape index (κ3) is 4.88. The fourth-order valence-electron chi connectivity index (χ4n) is 3.69. The van der Waals surface area contributed by atoms with Gasteiger partial charge in [0.15, 0.2) is 5.78 Å². The fourth-order valence-corrected chi connectivity index (χ4v) is 3.69. The molecule has 0 aliphatic carbocycles. The smallest absolute Gasteiger partial charge is 0.223 e. The predicted octanol–water partition coefficient (Wildman–Crippen LogP) is 3.22. The van der Waals surface area contributed by atoms with E-state index in [0.29, 0.717) is 11.5 Å². The standard InChI is InChI=1S/C20H29FN2O2/c1-5-23-10-9-18(15(3)13-23)22(4)19(24)11-14(2)20(25)16-7-6-8-17(21)12-16/h6-8,12,14-15,18H,5,9-11,13H2,1-4H3/t14-,15+,18+/m1/s1. The molecule has 0 N–H and O–H groups in total. The lowest BCUT2D eigenvalue weighted by molar-refractivity contribution is -0.134. The number of carbonyl (C=O) groups is 2. The second-order valence-electron chi connectivity index (χ2n) is 7.21. The molecular formula is C20H29FN2O2. The van der Waals surface area contributed by atoms with Crippen molar-refractivity contribution >= 4 is 11.7 Å². The van der Waals surface area contributed by atoms with Crippen LogP contribution in [0.25, 0.3) is 0 Å². The van der Waals surface area contributed by atoms with Gasteiger partial charge in [0.25, 0.3) is 0 Å². The lowest BCUT2D eigenvalue weighted by Gasteiger charge is -2.41. The Morgan fingerprint density at radius 1 is 1.40 bits per heavy atom. The van der Waals surface area contributed by atoms with E-state index in [1.165, 1.54) is 18.2 Å². The number of rotatable bonds is 6. The number of likely N-dealkylation sites (tertiary alicyclic amines) is 1. The molecule has 25 heavy (non-hydrogen) atoms. The van der Waals surface area contributed by atoms with Gasteiger partial charge in [0.1, 0.15) is 5.82 Å². The summed E-state index contributed by atoms with van der Waals surface area (Å²) < 4.78 is 13.3. The Morgan fingerprint density at radius 3 is 2.72 bits per heavy atom. The molecule has 4 nitrogen and oxygen atoms in total. The summed E-state index contributed by atoms with van der Waals surface area (Å²) >= 11 is 0. The van der Waals surface area contributed by atoms with Gasteiger partial charge in [-0.25, -0.2) is 4.39 Å². The molecule has 1 aliphatic rings. The molecule has 3 atom stereocenters. The molecule has 2 rings (SSSR count). The summed E-state index contributed by atoms with van der Waals surface area (Å²) in [6, 6.07) is 5.87. The summed E-state index contributed by atoms with van der Waals surface area (Å²) in [6.07, 6.45) is 1.12. The first-order valence-electron chi connectivity index (χ1n) is 9.11. The predicted molar refractivity (Wildman–Crippen MR) is 97.0 cm³/mol. The normalized spacial score (nSPS) is 22.4. The summed E-state index contributed by atoms with van der Waals surface area (Å²) in [7, 11) is 1.84. The number of piperidine rings is 1. The molecule has 1 aromatic rings. The van der Waals surface area contributed by atoms with Gasteiger partial charge in [-0.2, -0.15) is 0 Å². The number of ketones is 1. The molecule has 0 bridgehead atoms. The van der Waals surface area contributed by atoms with E-state index in [2.05, 4.69) is 18.7 Å². The van der Waals surface area contributed by atoms with E-state index >= 15 is 0 Å². The molecule has 0 unspecified atom stereocenters. The highest BCUT2D eigenvalue weighted by Crippen LogP contribution is 2.23. The van der Waals surface area contributed by atoms with Gasteiger partial charge >= 0.3 is 0 Å². The molecule has 0 radical (unpaired) electrons. The SMILES string of the molecule is CCN1CC[C@H](N(C)C(=O)C[C@@H](C)C(=O)c2cccc(F)c2)[C@@H](C)C1. The quantitative estimate of drug-likeness (QED) is 0.741. The van der Waals surface area contributed by atoms with Crippen LogP contribution in [0, 0.1) is 17.7 Å². The summed E-state index contributed by atoms with van der Waals surface area (Å²) in [6.45, 7) is 9.10. The van der Waals surface area contributed by atoms with Crippen LogP contribution >= 0.6 is 0 Å². The molecule has 5 heteroatoms.